The Bertz CT molecular complexity index is 487. The maximum Gasteiger partial charge on any atom is 0.336 e. The van der Waals surface area contributed by atoms with E-state index in [1.165, 1.54) is 11.3 Å². The molecule has 1 heterocycles. The summed E-state index contributed by atoms with van der Waals surface area (Å²) >= 11 is 1.48. The largest absolute Gasteiger partial charge is 0.495 e. The number of fused-ring (bicyclic) bond motifs is 1. The van der Waals surface area contributed by atoms with E-state index in [9.17, 15) is 4.79 Å². The first-order chi connectivity index (χ1) is 6.74. The molecule has 0 bridgehead atoms. The molecule has 2 aromatic rings. The standard InChI is InChI=1S/C10H8O3S/c1-13-7-5-14-8-4-2-3-6(9(7)8)10(11)12/h2-5H,1H3,(H,11,12). The van der Waals surface area contributed by atoms with Gasteiger partial charge < -0.3 is 9.84 Å². The molecule has 0 atom stereocenters. The van der Waals surface area contributed by atoms with E-state index in [4.69, 9.17) is 9.84 Å². The Balaban J connectivity index is 2.81. The number of carboxylic acids is 1. The first-order valence-corrected chi connectivity index (χ1v) is 4.89. The Morgan fingerprint density at radius 1 is 1.50 bits per heavy atom. The van der Waals surface area contributed by atoms with Gasteiger partial charge in [-0.25, -0.2) is 4.79 Å². The van der Waals surface area contributed by atoms with Crippen molar-refractivity contribution in [2.75, 3.05) is 7.11 Å². The fourth-order valence-corrected chi connectivity index (χ4v) is 2.32. The molecule has 0 fully saturated rings. The molecule has 0 aliphatic heterocycles. The predicted octanol–water partition coefficient (Wildman–Crippen LogP) is 2.61. The number of rotatable bonds is 2. The van der Waals surface area contributed by atoms with Gasteiger partial charge in [-0.2, -0.15) is 0 Å². The molecule has 14 heavy (non-hydrogen) atoms. The smallest absolute Gasteiger partial charge is 0.336 e. The van der Waals surface area contributed by atoms with Crippen molar-refractivity contribution in [3.05, 3.63) is 29.1 Å². The van der Waals surface area contributed by atoms with Crippen LogP contribution in [0.4, 0.5) is 0 Å². The van der Waals surface area contributed by atoms with Crippen LogP contribution >= 0.6 is 11.3 Å². The number of carboxylic acid groups (broad SMARTS) is 1. The number of carbonyl (C=O) groups is 1. The summed E-state index contributed by atoms with van der Waals surface area (Å²) in [6, 6.07) is 5.20. The molecular weight excluding hydrogens is 200 g/mol. The fraction of sp³-hybridized carbons (Fsp3) is 0.100. The SMILES string of the molecule is COc1csc2cccc(C(=O)O)c12. The molecule has 0 radical (unpaired) electrons. The normalized spacial score (nSPS) is 10.4. The van der Waals surface area contributed by atoms with Crippen LogP contribution in [0.1, 0.15) is 10.4 Å². The minimum atomic E-state index is -0.924. The van der Waals surface area contributed by atoms with E-state index in [0.717, 1.165) is 4.70 Å². The van der Waals surface area contributed by atoms with Crippen LogP contribution in [0, 0.1) is 0 Å². The van der Waals surface area contributed by atoms with E-state index in [-0.39, 0.29) is 0 Å². The molecule has 0 saturated carbocycles. The van der Waals surface area contributed by atoms with E-state index >= 15 is 0 Å². The van der Waals surface area contributed by atoms with Crippen molar-refractivity contribution in [2.45, 2.75) is 0 Å². The number of ether oxygens (including phenoxy) is 1. The van der Waals surface area contributed by atoms with Gasteiger partial charge >= 0.3 is 5.97 Å². The van der Waals surface area contributed by atoms with Crippen molar-refractivity contribution >= 4 is 27.4 Å². The molecule has 4 heteroatoms. The third-order valence-electron chi connectivity index (χ3n) is 2.02. The number of hydrogen-bond donors (Lipinski definition) is 1. The van der Waals surface area contributed by atoms with Crippen LogP contribution in [0.5, 0.6) is 5.75 Å². The van der Waals surface area contributed by atoms with Crippen LogP contribution in [0.3, 0.4) is 0 Å². The molecule has 1 N–H and O–H groups in total. The van der Waals surface area contributed by atoms with Crippen molar-refractivity contribution < 1.29 is 14.6 Å². The van der Waals surface area contributed by atoms with Crippen LogP contribution < -0.4 is 4.74 Å². The second-order valence-corrected chi connectivity index (χ2v) is 3.70. The zero-order valence-electron chi connectivity index (χ0n) is 7.48. The highest BCUT2D eigenvalue weighted by molar-refractivity contribution is 7.17. The molecule has 0 aliphatic carbocycles. The number of hydrogen-bond acceptors (Lipinski definition) is 3. The summed E-state index contributed by atoms with van der Waals surface area (Å²) in [7, 11) is 1.54. The van der Waals surface area contributed by atoms with Crippen molar-refractivity contribution in [3.8, 4) is 5.75 Å². The summed E-state index contributed by atoms with van der Waals surface area (Å²) in [6.07, 6.45) is 0. The van der Waals surface area contributed by atoms with Gasteiger partial charge in [0.25, 0.3) is 0 Å². The molecule has 3 nitrogen and oxygen atoms in total. The molecule has 1 aromatic carbocycles. The molecular formula is C10H8O3S. The summed E-state index contributed by atoms with van der Waals surface area (Å²) in [6.45, 7) is 0. The van der Waals surface area contributed by atoms with Crippen LogP contribution in [0.25, 0.3) is 10.1 Å². The topological polar surface area (TPSA) is 46.5 Å². The van der Waals surface area contributed by atoms with Gasteiger partial charge in [-0.05, 0) is 12.1 Å². The Morgan fingerprint density at radius 3 is 2.93 bits per heavy atom. The van der Waals surface area contributed by atoms with Gasteiger partial charge in [0.05, 0.1) is 12.7 Å². The van der Waals surface area contributed by atoms with E-state index in [2.05, 4.69) is 0 Å². The first kappa shape index (κ1) is 9.02. The minimum Gasteiger partial charge on any atom is -0.495 e. The average molecular weight is 208 g/mol. The van der Waals surface area contributed by atoms with Crippen molar-refractivity contribution in [1.29, 1.82) is 0 Å². The highest BCUT2D eigenvalue weighted by Crippen LogP contribution is 2.34. The zero-order valence-corrected chi connectivity index (χ0v) is 8.30. The lowest BCUT2D eigenvalue weighted by atomic mass is 10.1. The lowest BCUT2D eigenvalue weighted by Crippen LogP contribution is -1.96. The third kappa shape index (κ3) is 1.24. The quantitative estimate of drug-likeness (QED) is 0.825. The van der Waals surface area contributed by atoms with Crippen LogP contribution in [0.15, 0.2) is 23.6 Å². The lowest BCUT2D eigenvalue weighted by molar-refractivity contribution is 0.0699. The summed E-state index contributed by atoms with van der Waals surface area (Å²) in [4.78, 5) is 10.9. The second kappa shape index (κ2) is 3.31. The average Bonchev–Trinajstić information content (AvgIpc) is 2.59. The van der Waals surface area contributed by atoms with Crippen molar-refractivity contribution in [2.24, 2.45) is 0 Å². The Kier molecular flexibility index (Phi) is 2.13. The Morgan fingerprint density at radius 2 is 2.29 bits per heavy atom. The number of methoxy groups -OCH3 is 1. The van der Waals surface area contributed by atoms with Gasteiger partial charge in [0.2, 0.25) is 0 Å². The highest BCUT2D eigenvalue weighted by Gasteiger charge is 2.13. The molecule has 0 amide bonds. The third-order valence-corrected chi connectivity index (χ3v) is 2.94. The van der Waals surface area contributed by atoms with Crippen molar-refractivity contribution in [3.63, 3.8) is 0 Å². The molecule has 72 valence electrons. The fourth-order valence-electron chi connectivity index (χ4n) is 1.39. The number of benzene rings is 1. The Hall–Kier alpha value is -1.55. The molecule has 0 aliphatic rings. The molecule has 0 saturated heterocycles. The second-order valence-electron chi connectivity index (χ2n) is 2.79. The Labute approximate surface area is 84.6 Å². The molecule has 0 spiro atoms. The monoisotopic (exact) mass is 208 g/mol. The first-order valence-electron chi connectivity index (χ1n) is 4.01. The molecule has 0 unspecified atom stereocenters. The van der Waals surface area contributed by atoms with Crippen LogP contribution in [-0.2, 0) is 0 Å². The van der Waals surface area contributed by atoms with Crippen LogP contribution in [-0.4, -0.2) is 18.2 Å². The van der Waals surface area contributed by atoms with E-state index < -0.39 is 5.97 Å². The van der Waals surface area contributed by atoms with Gasteiger partial charge in [0, 0.05) is 15.5 Å². The number of thiophene rings is 1. The summed E-state index contributed by atoms with van der Waals surface area (Å²) in [5, 5.41) is 11.5. The summed E-state index contributed by atoms with van der Waals surface area (Å²) < 4.78 is 6.04. The zero-order chi connectivity index (χ0) is 10.1. The minimum absolute atomic E-state index is 0.292. The highest BCUT2D eigenvalue weighted by atomic mass is 32.1. The van der Waals surface area contributed by atoms with Gasteiger partial charge in [-0.3, -0.25) is 0 Å². The van der Waals surface area contributed by atoms with E-state index in [0.29, 0.717) is 16.7 Å². The van der Waals surface area contributed by atoms with Gasteiger partial charge in [0.15, 0.2) is 0 Å². The maximum absolute atomic E-state index is 10.9. The van der Waals surface area contributed by atoms with Gasteiger partial charge in [-0.15, -0.1) is 11.3 Å². The van der Waals surface area contributed by atoms with E-state index in [1.54, 1.807) is 19.2 Å². The summed E-state index contributed by atoms with van der Waals surface area (Å²) in [5.41, 5.74) is 0.292. The number of aromatic carboxylic acids is 1. The lowest BCUT2D eigenvalue weighted by Gasteiger charge is -2.00. The predicted molar refractivity (Wildman–Crippen MR) is 55.3 cm³/mol. The van der Waals surface area contributed by atoms with Gasteiger partial charge in [0.1, 0.15) is 5.75 Å². The van der Waals surface area contributed by atoms with Gasteiger partial charge in [-0.1, -0.05) is 6.07 Å². The van der Waals surface area contributed by atoms with Crippen LogP contribution in [0.2, 0.25) is 0 Å². The van der Waals surface area contributed by atoms with Crippen molar-refractivity contribution in [1.82, 2.24) is 0 Å². The van der Waals surface area contributed by atoms with E-state index in [1.807, 2.05) is 11.4 Å². The summed E-state index contributed by atoms with van der Waals surface area (Å²) in [5.74, 6) is -0.296. The maximum atomic E-state index is 10.9. The molecule has 2 rings (SSSR count). The molecule has 1 aromatic heterocycles.